The van der Waals surface area contributed by atoms with Crippen LogP contribution in [0.2, 0.25) is 0 Å². The van der Waals surface area contributed by atoms with Crippen LogP contribution in [0.5, 0.6) is 11.5 Å². The van der Waals surface area contributed by atoms with Gasteiger partial charge in [0.15, 0.2) is 0 Å². The minimum absolute atomic E-state index is 0.598. The molecule has 3 nitrogen and oxygen atoms in total. The molecule has 1 N–H and O–H groups in total. The smallest absolute Gasteiger partial charge is 0.137 e. The molecular weight excluding hydrogens is 294 g/mol. The lowest BCUT2D eigenvalue weighted by molar-refractivity contribution is 0.351. The van der Waals surface area contributed by atoms with E-state index in [1.54, 1.807) is 0 Å². The van der Waals surface area contributed by atoms with Crippen molar-refractivity contribution in [3.8, 4) is 11.5 Å². The summed E-state index contributed by atoms with van der Waals surface area (Å²) in [5.74, 6) is 2.83. The standard InChI is InChI=1S/C14H16BrNO2/c15-12-10-3-6-17-13(10)11(8-1-4-16-7-8)9-2-5-18-14(9)12/h8,16H,1-7H2. The topological polar surface area (TPSA) is 30.5 Å². The fraction of sp³-hybridized carbons (Fsp3) is 0.571. The molecule has 3 aliphatic rings. The Morgan fingerprint density at radius 1 is 1.06 bits per heavy atom. The van der Waals surface area contributed by atoms with Gasteiger partial charge in [-0.15, -0.1) is 0 Å². The molecule has 3 aliphatic heterocycles. The third-order valence-electron chi connectivity index (χ3n) is 4.25. The normalized spacial score (nSPS) is 24.6. The van der Waals surface area contributed by atoms with Gasteiger partial charge in [0.25, 0.3) is 0 Å². The number of halogens is 1. The largest absolute Gasteiger partial charge is 0.493 e. The van der Waals surface area contributed by atoms with Crippen LogP contribution in [0, 0.1) is 0 Å². The Morgan fingerprint density at radius 2 is 1.83 bits per heavy atom. The second kappa shape index (κ2) is 4.14. The predicted molar refractivity (Wildman–Crippen MR) is 72.8 cm³/mol. The number of benzene rings is 1. The molecular formula is C14H16BrNO2. The van der Waals surface area contributed by atoms with Gasteiger partial charge in [-0.05, 0) is 28.9 Å². The van der Waals surface area contributed by atoms with Crippen LogP contribution < -0.4 is 14.8 Å². The molecule has 1 saturated heterocycles. The van der Waals surface area contributed by atoms with Crippen molar-refractivity contribution >= 4 is 15.9 Å². The molecule has 0 bridgehead atoms. The van der Waals surface area contributed by atoms with Gasteiger partial charge in [-0.3, -0.25) is 0 Å². The van der Waals surface area contributed by atoms with Crippen LogP contribution in [0.1, 0.15) is 29.0 Å². The van der Waals surface area contributed by atoms with E-state index in [0.717, 1.165) is 55.1 Å². The number of hydrogen-bond acceptors (Lipinski definition) is 3. The molecule has 0 spiro atoms. The highest BCUT2D eigenvalue weighted by atomic mass is 79.9. The molecule has 1 fully saturated rings. The van der Waals surface area contributed by atoms with Gasteiger partial charge in [0, 0.05) is 42.0 Å². The summed E-state index contributed by atoms with van der Waals surface area (Å²) in [7, 11) is 0. The van der Waals surface area contributed by atoms with Crippen LogP contribution >= 0.6 is 15.9 Å². The summed E-state index contributed by atoms with van der Waals surface area (Å²) in [6.07, 6.45) is 3.24. The second-order valence-electron chi connectivity index (χ2n) is 5.23. The summed E-state index contributed by atoms with van der Waals surface area (Å²) >= 11 is 3.71. The van der Waals surface area contributed by atoms with E-state index < -0.39 is 0 Å². The zero-order chi connectivity index (χ0) is 12.1. The van der Waals surface area contributed by atoms with Crippen LogP contribution in [0.25, 0.3) is 0 Å². The molecule has 0 amide bonds. The first kappa shape index (κ1) is 11.1. The van der Waals surface area contributed by atoms with E-state index in [9.17, 15) is 0 Å². The minimum atomic E-state index is 0.598. The van der Waals surface area contributed by atoms with Crippen LogP contribution in [-0.2, 0) is 12.8 Å². The van der Waals surface area contributed by atoms with E-state index in [1.807, 2.05) is 0 Å². The number of rotatable bonds is 1. The van der Waals surface area contributed by atoms with E-state index >= 15 is 0 Å². The summed E-state index contributed by atoms with van der Waals surface area (Å²) in [5, 5.41) is 3.46. The van der Waals surface area contributed by atoms with Crippen LogP contribution in [0.3, 0.4) is 0 Å². The third-order valence-corrected chi connectivity index (χ3v) is 5.09. The van der Waals surface area contributed by atoms with Gasteiger partial charge in [0.2, 0.25) is 0 Å². The highest BCUT2D eigenvalue weighted by Gasteiger charge is 2.34. The van der Waals surface area contributed by atoms with E-state index in [0.29, 0.717) is 5.92 Å². The summed E-state index contributed by atoms with van der Waals surface area (Å²) in [6.45, 7) is 3.81. The fourth-order valence-electron chi connectivity index (χ4n) is 3.42. The Labute approximate surface area is 115 Å². The molecule has 96 valence electrons. The first-order chi connectivity index (χ1) is 8.86. The molecule has 0 aromatic heterocycles. The molecule has 4 heteroatoms. The Balaban J connectivity index is 1.95. The third kappa shape index (κ3) is 1.45. The van der Waals surface area contributed by atoms with E-state index in [4.69, 9.17) is 9.47 Å². The van der Waals surface area contributed by atoms with Gasteiger partial charge in [-0.2, -0.15) is 0 Å². The van der Waals surface area contributed by atoms with Crippen LogP contribution in [0.15, 0.2) is 4.47 Å². The maximum Gasteiger partial charge on any atom is 0.137 e. The molecule has 4 rings (SSSR count). The molecule has 18 heavy (non-hydrogen) atoms. The second-order valence-corrected chi connectivity index (χ2v) is 6.02. The minimum Gasteiger partial charge on any atom is -0.493 e. The predicted octanol–water partition coefficient (Wildman–Crippen LogP) is 2.40. The van der Waals surface area contributed by atoms with Gasteiger partial charge in [-0.1, -0.05) is 0 Å². The van der Waals surface area contributed by atoms with Gasteiger partial charge in [0.05, 0.1) is 17.7 Å². The Hall–Kier alpha value is -0.740. The summed E-state index contributed by atoms with van der Waals surface area (Å²) in [6, 6.07) is 0. The number of ether oxygens (including phenoxy) is 2. The van der Waals surface area contributed by atoms with Gasteiger partial charge in [-0.25, -0.2) is 0 Å². The average molecular weight is 310 g/mol. The Morgan fingerprint density at radius 3 is 2.61 bits per heavy atom. The number of fused-ring (bicyclic) bond motifs is 2. The van der Waals surface area contributed by atoms with Crippen molar-refractivity contribution in [1.82, 2.24) is 5.32 Å². The highest BCUT2D eigenvalue weighted by molar-refractivity contribution is 9.10. The molecule has 1 aromatic carbocycles. The van der Waals surface area contributed by atoms with Crippen molar-refractivity contribution in [2.45, 2.75) is 25.2 Å². The number of nitrogens with one attached hydrogen (secondary N) is 1. The first-order valence-electron chi connectivity index (χ1n) is 6.69. The van der Waals surface area contributed by atoms with E-state index in [-0.39, 0.29) is 0 Å². The monoisotopic (exact) mass is 309 g/mol. The Kier molecular flexibility index (Phi) is 2.55. The van der Waals surface area contributed by atoms with E-state index in [1.165, 1.54) is 23.1 Å². The summed E-state index contributed by atoms with van der Waals surface area (Å²) in [5.41, 5.74) is 4.14. The van der Waals surface area contributed by atoms with Crippen molar-refractivity contribution < 1.29 is 9.47 Å². The van der Waals surface area contributed by atoms with Crippen molar-refractivity contribution in [2.75, 3.05) is 26.3 Å². The summed E-state index contributed by atoms with van der Waals surface area (Å²) in [4.78, 5) is 0. The highest BCUT2D eigenvalue weighted by Crippen LogP contribution is 2.50. The molecule has 1 unspecified atom stereocenters. The van der Waals surface area contributed by atoms with Crippen molar-refractivity contribution in [3.05, 3.63) is 21.2 Å². The quantitative estimate of drug-likeness (QED) is 0.864. The average Bonchev–Trinajstić information content (AvgIpc) is 3.11. The van der Waals surface area contributed by atoms with Crippen molar-refractivity contribution in [3.63, 3.8) is 0 Å². The molecule has 3 heterocycles. The van der Waals surface area contributed by atoms with E-state index in [2.05, 4.69) is 21.2 Å². The lowest BCUT2D eigenvalue weighted by Gasteiger charge is -2.19. The zero-order valence-electron chi connectivity index (χ0n) is 10.2. The number of hydrogen-bond donors (Lipinski definition) is 1. The van der Waals surface area contributed by atoms with Crippen molar-refractivity contribution in [2.24, 2.45) is 0 Å². The van der Waals surface area contributed by atoms with Gasteiger partial charge < -0.3 is 14.8 Å². The molecule has 0 radical (unpaired) electrons. The van der Waals surface area contributed by atoms with Crippen LogP contribution in [0.4, 0.5) is 0 Å². The summed E-state index contributed by atoms with van der Waals surface area (Å²) < 4.78 is 12.9. The van der Waals surface area contributed by atoms with Gasteiger partial charge >= 0.3 is 0 Å². The molecule has 0 aliphatic carbocycles. The van der Waals surface area contributed by atoms with Crippen LogP contribution in [-0.4, -0.2) is 26.3 Å². The maximum absolute atomic E-state index is 5.93. The Bertz CT molecular complexity index is 474. The first-order valence-corrected chi connectivity index (χ1v) is 7.49. The molecule has 0 saturated carbocycles. The molecule has 1 aromatic rings. The lowest BCUT2D eigenvalue weighted by Crippen LogP contribution is -2.10. The van der Waals surface area contributed by atoms with Crippen molar-refractivity contribution in [1.29, 1.82) is 0 Å². The SMILES string of the molecule is Brc1c2c(c(C3CCNC3)c3c1OCC3)OCC2. The maximum atomic E-state index is 5.93. The van der Waals surface area contributed by atoms with Gasteiger partial charge in [0.1, 0.15) is 11.5 Å². The molecule has 1 atom stereocenters. The lowest BCUT2D eigenvalue weighted by atomic mass is 9.89. The fourth-order valence-corrected chi connectivity index (χ4v) is 4.15. The zero-order valence-corrected chi connectivity index (χ0v) is 11.8.